The van der Waals surface area contributed by atoms with E-state index in [2.05, 4.69) is 31.3 Å². The molecule has 140 valence electrons. The summed E-state index contributed by atoms with van der Waals surface area (Å²) in [6.45, 7) is 0.549. The average Bonchev–Trinajstić information content (AvgIpc) is 3.36. The lowest BCUT2D eigenvalue weighted by Crippen LogP contribution is -2.26. The highest BCUT2D eigenvalue weighted by Crippen LogP contribution is 2.27. The molecule has 1 aliphatic carbocycles. The third-order valence-corrected chi connectivity index (χ3v) is 5.34. The standard InChI is InChI=1S/C20H21BrN4O2/c21-16-9-4-6-14(12-16)13-22-20-23-18(17-10-5-11-27-17)24-25(20)19(26)15-7-2-1-3-8-15/h4-6,9-12,15H,1-3,7-8,13H2,(H,22,23,24). The lowest BCUT2D eigenvalue weighted by Gasteiger charge is -2.20. The van der Waals surface area contributed by atoms with Gasteiger partial charge in [-0.1, -0.05) is 47.3 Å². The maximum Gasteiger partial charge on any atom is 0.253 e. The number of nitrogens with zero attached hydrogens (tertiary/aromatic N) is 3. The predicted molar refractivity (Wildman–Crippen MR) is 106 cm³/mol. The van der Waals surface area contributed by atoms with Gasteiger partial charge in [0.1, 0.15) is 0 Å². The molecule has 0 amide bonds. The fraction of sp³-hybridized carbons (Fsp3) is 0.350. The van der Waals surface area contributed by atoms with Gasteiger partial charge < -0.3 is 9.73 Å². The minimum Gasteiger partial charge on any atom is -0.461 e. The summed E-state index contributed by atoms with van der Waals surface area (Å²) in [4.78, 5) is 17.6. The first-order valence-electron chi connectivity index (χ1n) is 9.24. The summed E-state index contributed by atoms with van der Waals surface area (Å²) in [6, 6.07) is 11.6. The van der Waals surface area contributed by atoms with E-state index < -0.39 is 0 Å². The van der Waals surface area contributed by atoms with E-state index in [0.29, 0.717) is 24.1 Å². The summed E-state index contributed by atoms with van der Waals surface area (Å²) in [6.07, 6.45) is 6.80. The second-order valence-electron chi connectivity index (χ2n) is 6.80. The molecule has 2 aromatic heterocycles. The molecule has 1 N–H and O–H groups in total. The summed E-state index contributed by atoms with van der Waals surface area (Å²) in [5.74, 6) is 1.45. The van der Waals surface area contributed by atoms with Crippen molar-refractivity contribution in [2.45, 2.75) is 38.6 Å². The van der Waals surface area contributed by atoms with Gasteiger partial charge in [-0.2, -0.15) is 9.67 Å². The zero-order chi connectivity index (χ0) is 18.6. The number of hydrogen-bond acceptors (Lipinski definition) is 5. The molecule has 4 rings (SSSR count). The minimum absolute atomic E-state index is 0.0105. The van der Waals surface area contributed by atoms with Crippen molar-refractivity contribution in [3.8, 4) is 11.6 Å². The van der Waals surface area contributed by atoms with Crippen molar-refractivity contribution in [2.24, 2.45) is 5.92 Å². The first-order valence-corrected chi connectivity index (χ1v) is 10.0. The average molecular weight is 429 g/mol. The Kier molecular flexibility index (Phi) is 5.38. The highest BCUT2D eigenvalue weighted by molar-refractivity contribution is 9.10. The topological polar surface area (TPSA) is 73.0 Å². The number of carbonyl (C=O) groups is 1. The number of anilines is 1. The van der Waals surface area contributed by atoms with Gasteiger partial charge in [0, 0.05) is 16.9 Å². The monoisotopic (exact) mass is 428 g/mol. The number of aromatic nitrogens is 3. The molecule has 0 radical (unpaired) electrons. The van der Waals surface area contributed by atoms with Crippen LogP contribution in [-0.4, -0.2) is 20.7 Å². The second kappa shape index (κ2) is 8.08. The molecule has 1 saturated carbocycles. The highest BCUT2D eigenvalue weighted by Gasteiger charge is 2.27. The van der Waals surface area contributed by atoms with E-state index in [1.54, 1.807) is 18.4 Å². The van der Waals surface area contributed by atoms with Crippen LogP contribution >= 0.6 is 15.9 Å². The summed E-state index contributed by atoms with van der Waals surface area (Å²) in [5.41, 5.74) is 1.09. The summed E-state index contributed by atoms with van der Waals surface area (Å²) in [5, 5.41) is 7.71. The Labute approximate surface area is 166 Å². The first kappa shape index (κ1) is 18.0. The van der Waals surface area contributed by atoms with Gasteiger partial charge in [-0.3, -0.25) is 4.79 Å². The quantitative estimate of drug-likeness (QED) is 0.609. The van der Waals surface area contributed by atoms with E-state index in [0.717, 1.165) is 35.7 Å². The van der Waals surface area contributed by atoms with Crippen LogP contribution in [0.15, 0.2) is 51.6 Å². The lowest BCUT2D eigenvalue weighted by atomic mass is 9.89. The number of nitrogens with one attached hydrogen (secondary N) is 1. The first-order chi connectivity index (χ1) is 13.2. The largest absolute Gasteiger partial charge is 0.461 e. The predicted octanol–water partition coefficient (Wildman–Crippen LogP) is 5.13. The molecule has 0 aliphatic heterocycles. The van der Waals surface area contributed by atoms with E-state index in [9.17, 15) is 4.79 Å². The van der Waals surface area contributed by atoms with Crippen molar-refractivity contribution in [2.75, 3.05) is 5.32 Å². The third kappa shape index (κ3) is 4.13. The van der Waals surface area contributed by atoms with Crippen LogP contribution in [0.4, 0.5) is 5.95 Å². The van der Waals surface area contributed by atoms with Crippen molar-refractivity contribution in [3.63, 3.8) is 0 Å². The molecule has 0 atom stereocenters. The fourth-order valence-corrected chi connectivity index (χ4v) is 3.89. The Bertz CT molecular complexity index is 914. The second-order valence-corrected chi connectivity index (χ2v) is 7.72. The summed E-state index contributed by atoms with van der Waals surface area (Å²) < 4.78 is 7.84. The number of benzene rings is 1. The number of hydrogen-bond donors (Lipinski definition) is 1. The zero-order valence-electron chi connectivity index (χ0n) is 14.9. The molecule has 1 aromatic carbocycles. The van der Waals surface area contributed by atoms with Crippen LogP contribution in [-0.2, 0) is 6.54 Å². The van der Waals surface area contributed by atoms with Crippen LogP contribution in [0.2, 0.25) is 0 Å². The van der Waals surface area contributed by atoms with Crippen molar-refractivity contribution in [1.29, 1.82) is 0 Å². The third-order valence-electron chi connectivity index (χ3n) is 4.85. The molecule has 0 spiro atoms. The van der Waals surface area contributed by atoms with Crippen molar-refractivity contribution < 1.29 is 9.21 Å². The van der Waals surface area contributed by atoms with Crippen LogP contribution in [0.5, 0.6) is 0 Å². The minimum atomic E-state index is 0.0105. The number of furan rings is 1. The molecule has 1 aliphatic rings. The normalized spacial score (nSPS) is 15.0. The van der Waals surface area contributed by atoms with Gasteiger partial charge in [-0.15, -0.1) is 5.10 Å². The smallest absolute Gasteiger partial charge is 0.253 e. The molecule has 2 heterocycles. The van der Waals surface area contributed by atoms with E-state index in [-0.39, 0.29) is 11.8 Å². The molecule has 27 heavy (non-hydrogen) atoms. The van der Waals surface area contributed by atoms with Crippen LogP contribution in [0.3, 0.4) is 0 Å². The Balaban J connectivity index is 1.60. The van der Waals surface area contributed by atoms with Gasteiger partial charge in [0.2, 0.25) is 11.8 Å². The molecule has 1 fully saturated rings. The van der Waals surface area contributed by atoms with Gasteiger partial charge in [0.05, 0.1) is 6.26 Å². The highest BCUT2D eigenvalue weighted by atomic mass is 79.9. The number of halogens is 1. The van der Waals surface area contributed by atoms with Gasteiger partial charge >= 0.3 is 0 Å². The summed E-state index contributed by atoms with van der Waals surface area (Å²) >= 11 is 3.48. The van der Waals surface area contributed by atoms with E-state index in [4.69, 9.17) is 4.42 Å². The van der Waals surface area contributed by atoms with E-state index in [1.165, 1.54) is 11.1 Å². The Morgan fingerprint density at radius 2 is 2.07 bits per heavy atom. The molecule has 0 bridgehead atoms. The Morgan fingerprint density at radius 3 is 2.81 bits per heavy atom. The SMILES string of the molecule is O=C(C1CCCCC1)n1nc(-c2ccco2)nc1NCc1cccc(Br)c1. The van der Waals surface area contributed by atoms with Crippen molar-refractivity contribution in [1.82, 2.24) is 14.8 Å². The lowest BCUT2D eigenvalue weighted by molar-refractivity contribution is 0.0787. The number of carbonyl (C=O) groups excluding carboxylic acids is 1. The van der Waals surface area contributed by atoms with Crippen LogP contribution < -0.4 is 5.32 Å². The van der Waals surface area contributed by atoms with Gasteiger partial charge in [-0.05, 0) is 42.7 Å². The molecule has 0 saturated heterocycles. The molecular formula is C20H21BrN4O2. The van der Waals surface area contributed by atoms with E-state index in [1.807, 2.05) is 24.3 Å². The molecule has 0 unspecified atom stereocenters. The summed E-state index contributed by atoms with van der Waals surface area (Å²) in [7, 11) is 0. The molecule has 7 heteroatoms. The van der Waals surface area contributed by atoms with Crippen LogP contribution in [0, 0.1) is 5.92 Å². The van der Waals surface area contributed by atoms with E-state index >= 15 is 0 Å². The maximum absolute atomic E-state index is 13.1. The molecular weight excluding hydrogens is 408 g/mol. The van der Waals surface area contributed by atoms with Crippen LogP contribution in [0.25, 0.3) is 11.6 Å². The van der Waals surface area contributed by atoms with Gasteiger partial charge in [0.15, 0.2) is 5.76 Å². The Hall–Kier alpha value is -2.41. The maximum atomic E-state index is 13.1. The van der Waals surface area contributed by atoms with Crippen LogP contribution in [0.1, 0.15) is 42.5 Å². The zero-order valence-corrected chi connectivity index (χ0v) is 16.5. The Morgan fingerprint density at radius 1 is 1.22 bits per heavy atom. The van der Waals surface area contributed by atoms with Gasteiger partial charge in [-0.25, -0.2) is 0 Å². The molecule has 3 aromatic rings. The van der Waals surface area contributed by atoms with Crippen molar-refractivity contribution in [3.05, 3.63) is 52.7 Å². The molecule has 6 nitrogen and oxygen atoms in total. The number of rotatable bonds is 5. The van der Waals surface area contributed by atoms with Gasteiger partial charge in [0.25, 0.3) is 5.91 Å². The fourth-order valence-electron chi connectivity index (χ4n) is 3.44. The van der Waals surface area contributed by atoms with Crippen molar-refractivity contribution >= 4 is 27.8 Å².